The molecule has 1 aromatic heterocycles. The third-order valence-electron chi connectivity index (χ3n) is 4.58. The van der Waals surface area contributed by atoms with Gasteiger partial charge in [-0.2, -0.15) is 0 Å². The third kappa shape index (κ3) is 3.58. The van der Waals surface area contributed by atoms with E-state index in [1.807, 2.05) is 11.3 Å². The Balaban J connectivity index is 1.60. The van der Waals surface area contributed by atoms with Gasteiger partial charge in [-0.1, -0.05) is 13.8 Å². The summed E-state index contributed by atoms with van der Waals surface area (Å²) >= 11 is 1.81. The van der Waals surface area contributed by atoms with Gasteiger partial charge in [-0.25, -0.2) is 4.98 Å². The highest BCUT2D eigenvalue weighted by Gasteiger charge is 2.35. The molecule has 0 amide bonds. The molecule has 118 valence electrons. The second-order valence-corrected chi connectivity index (χ2v) is 7.78. The first-order chi connectivity index (χ1) is 10.1. The molecule has 0 radical (unpaired) electrons. The van der Waals surface area contributed by atoms with Crippen LogP contribution in [0.15, 0.2) is 5.38 Å². The normalized spacial score (nSPS) is 26.6. The van der Waals surface area contributed by atoms with Crippen molar-refractivity contribution in [1.29, 1.82) is 0 Å². The van der Waals surface area contributed by atoms with Gasteiger partial charge in [0.15, 0.2) is 5.13 Å². The largest absolute Gasteiger partial charge is 0.343 e. The van der Waals surface area contributed by atoms with Gasteiger partial charge < -0.3 is 10.2 Å². The van der Waals surface area contributed by atoms with Gasteiger partial charge in [0.2, 0.25) is 0 Å². The van der Waals surface area contributed by atoms with Crippen molar-refractivity contribution in [3.8, 4) is 0 Å². The fraction of sp³-hybridized carbons (Fsp3) is 0.812. The summed E-state index contributed by atoms with van der Waals surface area (Å²) in [6, 6.07) is 1.34. The molecule has 2 fully saturated rings. The Morgan fingerprint density at radius 1 is 1.43 bits per heavy atom. The predicted molar refractivity (Wildman–Crippen MR) is 90.1 cm³/mol. The summed E-state index contributed by atoms with van der Waals surface area (Å²) in [5.41, 5.74) is 1.19. The SMILES string of the molecule is CC(C)CNCc1csc(N2CC3CCCN3CC2C)n1. The maximum atomic E-state index is 4.86. The van der Waals surface area contributed by atoms with Crippen LogP contribution in [0.4, 0.5) is 5.13 Å². The van der Waals surface area contributed by atoms with Crippen molar-refractivity contribution in [2.45, 2.75) is 52.2 Å². The van der Waals surface area contributed by atoms with Crippen LogP contribution in [0.2, 0.25) is 0 Å². The first-order valence-corrected chi connectivity index (χ1v) is 9.17. The third-order valence-corrected chi connectivity index (χ3v) is 5.51. The minimum atomic E-state index is 0.585. The number of fused-ring (bicyclic) bond motifs is 1. The molecule has 2 saturated heterocycles. The van der Waals surface area contributed by atoms with Crippen LogP contribution < -0.4 is 10.2 Å². The van der Waals surface area contributed by atoms with E-state index in [1.54, 1.807) is 0 Å². The predicted octanol–water partition coefficient (Wildman–Crippen LogP) is 2.56. The lowest BCUT2D eigenvalue weighted by Crippen LogP contribution is -2.55. The van der Waals surface area contributed by atoms with E-state index >= 15 is 0 Å². The minimum absolute atomic E-state index is 0.585. The van der Waals surface area contributed by atoms with Gasteiger partial charge in [-0.3, -0.25) is 4.90 Å². The monoisotopic (exact) mass is 308 g/mol. The number of thiazole rings is 1. The zero-order valence-electron chi connectivity index (χ0n) is 13.5. The first-order valence-electron chi connectivity index (χ1n) is 8.29. The quantitative estimate of drug-likeness (QED) is 0.906. The zero-order chi connectivity index (χ0) is 14.8. The molecule has 3 rings (SSSR count). The van der Waals surface area contributed by atoms with Crippen LogP contribution in [-0.4, -0.2) is 48.1 Å². The highest BCUT2D eigenvalue weighted by Crippen LogP contribution is 2.30. The molecular weight excluding hydrogens is 280 g/mol. The van der Waals surface area contributed by atoms with Crippen molar-refractivity contribution < 1.29 is 0 Å². The van der Waals surface area contributed by atoms with Crippen molar-refractivity contribution in [2.75, 3.05) is 31.1 Å². The highest BCUT2D eigenvalue weighted by atomic mass is 32.1. The maximum Gasteiger partial charge on any atom is 0.185 e. The second kappa shape index (κ2) is 6.63. The molecule has 4 nitrogen and oxygen atoms in total. The molecule has 5 heteroatoms. The number of rotatable bonds is 5. The first kappa shape index (κ1) is 15.3. The molecule has 0 aliphatic carbocycles. The van der Waals surface area contributed by atoms with Gasteiger partial charge in [-0.05, 0) is 38.8 Å². The zero-order valence-corrected chi connectivity index (χ0v) is 14.3. The van der Waals surface area contributed by atoms with Crippen LogP contribution in [-0.2, 0) is 6.54 Å². The molecule has 2 atom stereocenters. The molecule has 0 saturated carbocycles. The smallest absolute Gasteiger partial charge is 0.185 e. The standard InChI is InChI=1S/C16H28N4S/c1-12(2)7-17-8-14-11-21-16(18-14)20-10-15-5-4-6-19(15)9-13(20)3/h11-13,15,17H,4-10H2,1-3H3. The fourth-order valence-electron chi connectivity index (χ4n) is 3.45. The Hall–Kier alpha value is -0.650. The summed E-state index contributed by atoms with van der Waals surface area (Å²) in [6.45, 7) is 12.4. The lowest BCUT2D eigenvalue weighted by atomic mass is 10.1. The molecule has 1 aromatic rings. The molecule has 0 spiro atoms. The molecule has 1 N–H and O–H groups in total. The van der Waals surface area contributed by atoms with Crippen molar-refractivity contribution in [3.05, 3.63) is 11.1 Å². The average Bonchev–Trinajstić information content (AvgIpc) is 3.05. The van der Waals surface area contributed by atoms with E-state index in [0.717, 1.165) is 25.7 Å². The van der Waals surface area contributed by atoms with E-state index in [0.29, 0.717) is 12.0 Å². The molecule has 2 aliphatic heterocycles. The Kier molecular flexibility index (Phi) is 4.82. The van der Waals surface area contributed by atoms with Gasteiger partial charge in [0.25, 0.3) is 0 Å². The Bertz CT molecular complexity index is 459. The van der Waals surface area contributed by atoms with E-state index in [9.17, 15) is 0 Å². The maximum absolute atomic E-state index is 4.86. The molecule has 2 aliphatic rings. The lowest BCUT2D eigenvalue weighted by Gasteiger charge is -2.42. The second-order valence-electron chi connectivity index (χ2n) is 6.94. The minimum Gasteiger partial charge on any atom is -0.343 e. The summed E-state index contributed by atoms with van der Waals surface area (Å²) in [4.78, 5) is 10.1. The number of anilines is 1. The Morgan fingerprint density at radius 3 is 3.10 bits per heavy atom. The van der Waals surface area contributed by atoms with E-state index in [-0.39, 0.29) is 0 Å². The molecule has 21 heavy (non-hydrogen) atoms. The molecule has 2 unspecified atom stereocenters. The van der Waals surface area contributed by atoms with E-state index in [1.165, 1.54) is 36.8 Å². The summed E-state index contributed by atoms with van der Waals surface area (Å²) < 4.78 is 0. The van der Waals surface area contributed by atoms with Gasteiger partial charge in [0.1, 0.15) is 0 Å². The van der Waals surface area contributed by atoms with Crippen LogP contribution in [0, 0.1) is 5.92 Å². The molecule has 0 bridgehead atoms. The van der Waals surface area contributed by atoms with Gasteiger partial charge in [-0.15, -0.1) is 11.3 Å². The van der Waals surface area contributed by atoms with Crippen LogP contribution >= 0.6 is 11.3 Å². The molecule has 0 aromatic carbocycles. The van der Waals surface area contributed by atoms with Crippen LogP contribution in [0.25, 0.3) is 0 Å². The van der Waals surface area contributed by atoms with Gasteiger partial charge in [0, 0.05) is 37.1 Å². The summed E-state index contributed by atoms with van der Waals surface area (Å²) in [7, 11) is 0. The van der Waals surface area contributed by atoms with E-state index in [2.05, 4.69) is 41.3 Å². The number of nitrogens with zero attached hydrogens (tertiary/aromatic N) is 3. The molecule has 3 heterocycles. The van der Waals surface area contributed by atoms with Crippen molar-refractivity contribution >= 4 is 16.5 Å². The molecular formula is C16H28N4S. The van der Waals surface area contributed by atoms with Crippen molar-refractivity contribution in [3.63, 3.8) is 0 Å². The number of hydrogen-bond donors (Lipinski definition) is 1. The fourth-order valence-corrected chi connectivity index (χ4v) is 4.39. The Labute approximate surface area is 132 Å². The number of hydrogen-bond acceptors (Lipinski definition) is 5. The Morgan fingerprint density at radius 2 is 2.29 bits per heavy atom. The number of piperazine rings is 1. The summed E-state index contributed by atoms with van der Waals surface area (Å²) in [5, 5.41) is 6.92. The van der Waals surface area contributed by atoms with Crippen molar-refractivity contribution in [1.82, 2.24) is 15.2 Å². The van der Waals surface area contributed by atoms with E-state index in [4.69, 9.17) is 4.98 Å². The number of aromatic nitrogens is 1. The van der Waals surface area contributed by atoms with Gasteiger partial charge in [0.05, 0.1) is 5.69 Å². The summed E-state index contributed by atoms with van der Waals surface area (Å²) in [6.07, 6.45) is 2.73. The lowest BCUT2D eigenvalue weighted by molar-refractivity contribution is 0.203. The van der Waals surface area contributed by atoms with E-state index < -0.39 is 0 Å². The van der Waals surface area contributed by atoms with Gasteiger partial charge >= 0.3 is 0 Å². The topological polar surface area (TPSA) is 31.4 Å². The van der Waals surface area contributed by atoms with Crippen molar-refractivity contribution in [2.24, 2.45) is 5.92 Å². The summed E-state index contributed by atoms with van der Waals surface area (Å²) in [5.74, 6) is 0.693. The van der Waals surface area contributed by atoms with Crippen LogP contribution in [0.1, 0.15) is 39.3 Å². The highest BCUT2D eigenvalue weighted by molar-refractivity contribution is 7.13. The van der Waals surface area contributed by atoms with Crippen LogP contribution in [0.3, 0.4) is 0 Å². The van der Waals surface area contributed by atoms with Crippen LogP contribution in [0.5, 0.6) is 0 Å². The number of nitrogens with one attached hydrogen (secondary N) is 1. The average molecular weight is 308 g/mol.